The van der Waals surface area contributed by atoms with Crippen molar-refractivity contribution in [2.75, 3.05) is 26.2 Å². The molecule has 0 aromatic rings. The second-order valence-corrected chi connectivity index (χ2v) is 2.54. The molecule has 0 bridgehead atoms. The van der Waals surface area contributed by atoms with Gasteiger partial charge in [-0.3, -0.25) is 0 Å². The fourth-order valence-electron chi connectivity index (χ4n) is 0.746. The van der Waals surface area contributed by atoms with Crippen LogP contribution in [0.25, 0.3) is 0 Å². The van der Waals surface area contributed by atoms with Gasteiger partial charge in [0.15, 0.2) is 0 Å². The van der Waals surface area contributed by atoms with Crippen molar-refractivity contribution < 1.29 is 0 Å². The topological polar surface area (TPSA) is 64.1 Å². The van der Waals surface area contributed by atoms with Crippen LogP contribution < -0.4 is 16.8 Å². The molecule has 0 unspecified atom stereocenters. The quantitative estimate of drug-likeness (QED) is 0.442. The molecule has 0 spiro atoms. The Labute approximate surface area is 63.2 Å². The molecule has 0 aliphatic rings. The summed E-state index contributed by atoms with van der Waals surface area (Å²) in [7, 11) is 0. The summed E-state index contributed by atoms with van der Waals surface area (Å²) in [4.78, 5) is 0. The van der Waals surface area contributed by atoms with E-state index in [0.29, 0.717) is 19.0 Å². The molecule has 3 nitrogen and oxygen atoms in total. The van der Waals surface area contributed by atoms with E-state index in [-0.39, 0.29) is 0 Å². The summed E-state index contributed by atoms with van der Waals surface area (Å²) in [6.07, 6.45) is 1.17. The first kappa shape index (κ1) is 9.88. The molecule has 0 fully saturated rings. The van der Waals surface area contributed by atoms with Gasteiger partial charge in [-0.15, -0.1) is 0 Å². The maximum Gasteiger partial charge on any atom is 0.000364 e. The molecule has 0 saturated heterocycles. The molecule has 0 rings (SSSR count). The van der Waals surface area contributed by atoms with Crippen molar-refractivity contribution in [1.82, 2.24) is 5.32 Å². The standard InChI is InChI=1S/C7H19N3/c1-2-3-10-6-7(4-8)5-9/h7,10H,2-6,8-9H2,1H3. The van der Waals surface area contributed by atoms with Crippen LogP contribution in [-0.4, -0.2) is 26.2 Å². The van der Waals surface area contributed by atoms with Gasteiger partial charge in [0, 0.05) is 6.54 Å². The summed E-state index contributed by atoms with van der Waals surface area (Å²) in [6, 6.07) is 0. The Morgan fingerprint density at radius 1 is 1.30 bits per heavy atom. The van der Waals surface area contributed by atoms with E-state index in [0.717, 1.165) is 13.1 Å². The summed E-state index contributed by atoms with van der Waals surface area (Å²) in [5, 5.41) is 3.28. The Morgan fingerprint density at radius 2 is 1.90 bits per heavy atom. The first-order valence-corrected chi connectivity index (χ1v) is 3.96. The molecule has 5 N–H and O–H groups in total. The van der Waals surface area contributed by atoms with Gasteiger partial charge >= 0.3 is 0 Å². The lowest BCUT2D eigenvalue weighted by Crippen LogP contribution is -2.33. The third-order valence-electron chi connectivity index (χ3n) is 1.53. The Bertz CT molecular complexity index is 61.9. The Morgan fingerprint density at radius 3 is 2.30 bits per heavy atom. The van der Waals surface area contributed by atoms with Crippen molar-refractivity contribution in [3.05, 3.63) is 0 Å². The number of hydrogen-bond acceptors (Lipinski definition) is 3. The Hall–Kier alpha value is -0.120. The van der Waals surface area contributed by atoms with Crippen LogP contribution in [0.1, 0.15) is 13.3 Å². The maximum atomic E-state index is 5.45. The minimum Gasteiger partial charge on any atom is -0.330 e. The van der Waals surface area contributed by atoms with Crippen molar-refractivity contribution in [3.63, 3.8) is 0 Å². The highest BCUT2D eigenvalue weighted by molar-refractivity contribution is 4.62. The van der Waals surface area contributed by atoms with Crippen LogP contribution >= 0.6 is 0 Å². The number of rotatable bonds is 6. The molecule has 3 heteroatoms. The minimum absolute atomic E-state index is 0.451. The summed E-state index contributed by atoms with van der Waals surface area (Å²) in [5.41, 5.74) is 10.9. The van der Waals surface area contributed by atoms with Crippen LogP contribution in [0.4, 0.5) is 0 Å². The van der Waals surface area contributed by atoms with Crippen molar-refractivity contribution in [2.24, 2.45) is 17.4 Å². The maximum absolute atomic E-state index is 5.45. The molecule has 62 valence electrons. The van der Waals surface area contributed by atoms with E-state index in [1.54, 1.807) is 0 Å². The van der Waals surface area contributed by atoms with E-state index in [9.17, 15) is 0 Å². The molecule has 0 heterocycles. The van der Waals surface area contributed by atoms with Gasteiger partial charge in [-0.2, -0.15) is 0 Å². The smallest absolute Gasteiger partial charge is 0.000364 e. The van der Waals surface area contributed by atoms with Crippen molar-refractivity contribution in [1.29, 1.82) is 0 Å². The largest absolute Gasteiger partial charge is 0.330 e. The first-order chi connectivity index (χ1) is 4.85. The molecular weight excluding hydrogens is 126 g/mol. The van der Waals surface area contributed by atoms with E-state index in [1.807, 2.05) is 0 Å². The molecule has 0 radical (unpaired) electrons. The van der Waals surface area contributed by atoms with Crippen molar-refractivity contribution in [3.8, 4) is 0 Å². The minimum atomic E-state index is 0.451. The normalized spacial score (nSPS) is 10.8. The van der Waals surface area contributed by atoms with Crippen LogP contribution in [-0.2, 0) is 0 Å². The van der Waals surface area contributed by atoms with Gasteiger partial charge in [0.2, 0.25) is 0 Å². The summed E-state index contributed by atoms with van der Waals surface area (Å²) >= 11 is 0. The van der Waals surface area contributed by atoms with E-state index in [4.69, 9.17) is 11.5 Å². The third kappa shape index (κ3) is 4.73. The van der Waals surface area contributed by atoms with Gasteiger partial charge in [-0.05, 0) is 32.0 Å². The Kier molecular flexibility index (Phi) is 6.91. The van der Waals surface area contributed by atoms with Gasteiger partial charge < -0.3 is 16.8 Å². The van der Waals surface area contributed by atoms with Gasteiger partial charge in [0.05, 0.1) is 0 Å². The lowest BCUT2D eigenvalue weighted by Gasteiger charge is -2.11. The third-order valence-corrected chi connectivity index (χ3v) is 1.53. The van der Waals surface area contributed by atoms with E-state index in [2.05, 4.69) is 12.2 Å². The van der Waals surface area contributed by atoms with Crippen molar-refractivity contribution >= 4 is 0 Å². The monoisotopic (exact) mass is 145 g/mol. The second-order valence-electron chi connectivity index (χ2n) is 2.54. The van der Waals surface area contributed by atoms with Crippen LogP contribution in [0.3, 0.4) is 0 Å². The molecule has 0 aliphatic heterocycles. The van der Waals surface area contributed by atoms with E-state index >= 15 is 0 Å². The molecule has 0 atom stereocenters. The molecule has 0 aromatic heterocycles. The van der Waals surface area contributed by atoms with E-state index in [1.165, 1.54) is 6.42 Å². The average molecular weight is 145 g/mol. The van der Waals surface area contributed by atoms with Crippen LogP contribution in [0.2, 0.25) is 0 Å². The van der Waals surface area contributed by atoms with E-state index < -0.39 is 0 Å². The van der Waals surface area contributed by atoms with Gasteiger partial charge in [0.25, 0.3) is 0 Å². The Balaban J connectivity index is 3.09. The highest BCUT2D eigenvalue weighted by Gasteiger charge is 2.00. The first-order valence-electron chi connectivity index (χ1n) is 3.96. The highest BCUT2D eigenvalue weighted by atomic mass is 14.9. The molecule has 0 aromatic carbocycles. The summed E-state index contributed by atoms with van der Waals surface area (Å²) in [6.45, 7) is 5.55. The van der Waals surface area contributed by atoms with Crippen LogP contribution in [0.5, 0.6) is 0 Å². The molecule has 0 aliphatic carbocycles. The van der Waals surface area contributed by atoms with Gasteiger partial charge in [-0.1, -0.05) is 6.92 Å². The molecular formula is C7H19N3. The zero-order valence-electron chi connectivity index (χ0n) is 6.77. The zero-order chi connectivity index (χ0) is 7.82. The number of nitrogens with two attached hydrogens (primary N) is 2. The summed E-state index contributed by atoms with van der Waals surface area (Å²) in [5.74, 6) is 0.451. The predicted molar refractivity (Wildman–Crippen MR) is 44.8 cm³/mol. The van der Waals surface area contributed by atoms with Gasteiger partial charge in [0.1, 0.15) is 0 Å². The van der Waals surface area contributed by atoms with Gasteiger partial charge in [-0.25, -0.2) is 0 Å². The zero-order valence-corrected chi connectivity index (χ0v) is 6.77. The summed E-state index contributed by atoms with van der Waals surface area (Å²) < 4.78 is 0. The van der Waals surface area contributed by atoms with Crippen LogP contribution in [0, 0.1) is 5.92 Å². The molecule has 0 saturated carbocycles. The van der Waals surface area contributed by atoms with Crippen LogP contribution in [0.15, 0.2) is 0 Å². The number of hydrogen-bond donors (Lipinski definition) is 3. The predicted octanol–water partition coefficient (Wildman–Crippen LogP) is -0.480. The lowest BCUT2D eigenvalue weighted by atomic mass is 10.1. The average Bonchev–Trinajstić information content (AvgIpc) is 1.99. The lowest BCUT2D eigenvalue weighted by molar-refractivity contribution is 0.493. The highest BCUT2D eigenvalue weighted by Crippen LogP contribution is 1.86. The fourth-order valence-corrected chi connectivity index (χ4v) is 0.746. The fraction of sp³-hybridized carbons (Fsp3) is 1.00. The van der Waals surface area contributed by atoms with Crippen molar-refractivity contribution in [2.45, 2.75) is 13.3 Å². The second kappa shape index (κ2) is 6.99. The SMILES string of the molecule is CCCNCC(CN)CN. The molecule has 10 heavy (non-hydrogen) atoms. The number of nitrogens with one attached hydrogen (secondary N) is 1. The molecule has 0 amide bonds.